The molecular weight excluding hydrogens is 217 g/mol. The maximum Gasteiger partial charge on any atom is 0.143 e. The molecule has 1 heterocycles. The first-order valence-corrected chi connectivity index (χ1v) is 5.85. The minimum atomic E-state index is -0.448. The minimum absolute atomic E-state index is 0.132. The molecule has 1 aliphatic rings. The number of anilines is 1. The minimum Gasteiger partial charge on any atom is -0.372 e. The number of nitrogens with one attached hydrogen (secondary N) is 1. The van der Waals surface area contributed by atoms with Crippen LogP contribution in [0.15, 0.2) is 18.2 Å². The van der Waals surface area contributed by atoms with E-state index >= 15 is 0 Å². The highest BCUT2D eigenvalue weighted by molar-refractivity contribution is 5.59. The average Bonchev–Trinajstić information content (AvgIpc) is 2.81. The molecule has 2 rings (SSSR count). The van der Waals surface area contributed by atoms with E-state index in [1.54, 1.807) is 12.1 Å². The molecule has 0 amide bonds. The molecule has 17 heavy (non-hydrogen) atoms. The van der Waals surface area contributed by atoms with Crippen LogP contribution in [-0.4, -0.2) is 26.2 Å². The van der Waals surface area contributed by atoms with Gasteiger partial charge in [0.05, 0.1) is 5.69 Å². The third-order valence-electron chi connectivity index (χ3n) is 3.17. The van der Waals surface area contributed by atoms with Gasteiger partial charge < -0.3 is 10.2 Å². The summed E-state index contributed by atoms with van der Waals surface area (Å²) in [7, 11) is 1.90. The highest BCUT2D eigenvalue weighted by atomic mass is 19.1. The third kappa shape index (κ3) is 2.56. The van der Waals surface area contributed by atoms with Crippen LogP contribution >= 0.6 is 0 Å². The lowest BCUT2D eigenvalue weighted by atomic mass is 10.1. The van der Waals surface area contributed by atoms with Crippen molar-refractivity contribution >= 4 is 5.69 Å². The summed E-state index contributed by atoms with van der Waals surface area (Å²) in [6.07, 6.45) is 2.33. The van der Waals surface area contributed by atoms with Crippen LogP contribution in [-0.2, 0) is 0 Å². The second-order valence-corrected chi connectivity index (χ2v) is 4.42. The summed E-state index contributed by atoms with van der Waals surface area (Å²) in [5.74, 6) is -0.448. The fourth-order valence-corrected chi connectivity index (χ4v) is 2.28. The van der Waals surface area contributed by atoms with E-state index in [0.717, 1.165) is 19.5 Å². The molecule has 1 aliphatic heterocycles. The fraction of sp³-hybridized carbons (Fsp3) is 0.462. The van der Waals surface area contributed by atoms with Crippen LogP contribution in [0, 0.1) is 17.1 Å². The fourth-order valence-electron chi connectivity index (χ4n) is 2.28. The number of likely N-dealkylation sites (N-methyl/N-ethyl adjacent to an activating group) is 1. The van der Waals surface area contributed by atoms with Gasteiger partial charge in [-0.15, -0.1) is 0 Å². The van der Waals surface area contributed by atoms with Gasteiger partial charge in [-0.1, -0.05) is 6.07 Å². The van der Waals surface area contributed by atoms with Gasteiger partial charge >= 0.3 is 0 Å². The van der Waals surface area contributed by atoms with Gasteiger partial charge in [0.15, 0.2) is 0 Å². The lowest BCUT2D eigenvalue weighted by Crippen LogP contribution is -2.35. The van der Waals surface area contributed by atoms with Crippen LogP contribution in [0.25, 0.3) is 0 Å². The average molecular weight is 233 g/mol. The van der Waals surface area contributed by atoms with E-state index in [4.69, 9.17) is 5.26 Å². The van der Waals surface area contributed by atoms with Gasteiger partial charge in [-0.05, 0) is 31.5 Å². The second-order valence-electron chi connectivity index (χ2n) is 4.42. The number of halogens is 1. The van der Waals surface area contributed by atoms with Crippen LogP contribution in [0.4, 0.5) is 10.1 Å². The third-order valence-corrected chi connectivity index (χ3v) is 3.17. The molecule has 0 aliphatic carbocycles. The zero-order valence-corrected chi connectivity index (χ0v) is 9.91. The van der Waals surface area contributed by atoms with E-state index in [0.29, 0.717) is 11.7 Å². The molecule has 0 aromatic heterocycles. The molecule has 1 aromatic rings. The summed E-state index contributed by atoms with van der Waals surface area (Å²) >= 11 is 0. The molecule has 1 saturated heterocycles. The van der Waals surface area contributed by atoms with Crippen molar-refractivity contribution in [2.24, 2.45) is 0 Å². The number of hydrogen-bond acceptors (Lipinski definition) is 3. The standard InChI is InChI=1S/C13H16FN3/c1-17(9-10-4-3-7-16-10)13-6-2-5-12(14)11(13)8-15/h2,5-6,10,16H,3-4,7,9H2,1H3. The molecule has 4 heteroatoms. The first-order chi connectivity index (χ1) is 8.22. The molecule has 1 N–H and O–H groups in total. The Labute approximate surface area is 101 Å². The highest BCUT2D eigenvalue weighted by Gasteiger charge is 2.18. The summed E-state index contributed by atoms with van der Waals surface area (Å²) in [5.41, 5.74) is 0.800. The van der Waals surface area contributed by atoms with Crippen molar-refractivity contribution in [3.63, 3.8) is 0 Å². The smallest absolute Gasteiger partial charge is 0.143 e. The van der Waals surface area contributed by atoms with E-state index in [9.17, 15) is 4.39 Å². The Kier molecular flexibility index (Phi) is 3.60. The Morgan fingerprint density at radius 1 is 1.59 bits per heavy atom. The normalized spacial score (nSPS) is 19.0. The number of nitrogens with zero attached hydrogens (tertiary/aromatic N) is 2. The predicted molar refractivity (Wildman–Crippen MR) is 65.4 cm³/mol. The quantitative estimate of drug-likeness (QED) is 0.866. The Balaban J connectivity index is 2.15. The first-order valence-electron chi connectivity index (χ1n) is 5.85. The summed E-state index contributed by atoms with van der Waals surface area (Å²) < 4.78 is 13.5. The molecule has 0 radical (unpaired) electrons. The van der Waals surface area contributed by atoms with E-state index < -0.39 is 5.82 Å². The number of hydrogen-bond donors (Lipinski definition) is 1. The van der Waals surface area contributed by atoms with E-state index in [1.165, 1.54) is 12.5 Å². The molecule has 0 bridgehead atoms. The van der Waals surface area contributed by atoms with Gasteiger partial charge in [0.25, 0.3) is 0 Å². The summed E-state index contributed by atoms with van der Waals surface area (Å²) in [6, 6.07) is 7.13. The van der Waals surface area contributed by atoms with Crippen molar-refractivity contribution in [3.8, 4) is 6.07 Å². The molecule has 1 aromatic carbocycles. The Bertz CT molecular complexity index is 433. The van der Waals surface area contributed by atoms with Crippen molar-refractivity contribution in [3.05, 3.63) is 29.6 Å². The SMILES string of the molecule is CN(CC1CCCN1)c1cccc(F)c1C#N. The van der Waals surface area contributed by atoms with E-state index in [2.05, 4.69) is 5.32 Å². The topological polar surface area (TPSA) is 39.1 Å². The molecule has 1 fully saturated rings. The number of rotatable bonds is 3. The van der Waals surface area contributed by atoms with Crippen LogP contribution in [0.2, 0.25) is 0 Å². The van der Waals surface area contributed by atoms with Crippen molar-refractivity contribution in [1.29, 1.82) is 5.26 Å². The van der Waals surface area contributed by atoms with Crippen LogP contribution in [0.5, 0.6) is 0 Å². The lowest BCUT2D eigenvalue weighted by Gasteiger charge is -2.24. The summed E-state index contributed by atoms with van der Waals surface area (Å²) in [4.78, 5) is 1.95. The molecule has 1 unspecified atom stereocenters. The molecule has 0 saturated carbocycles. The van der Waals surface area contributed by atoms with Gasteiger partial charge in [0.1, 0.15) is 17.4 Å². The Morgan fingerprint density at radius 2 is 2.41 bits per heavy atom. The monoisotopic (exact) mass is 233 g/mol. The molecular formula is C13H16FN3. The van der Waals surface area contributed by atoms with Crippen molar-refractivity contribution in [1.82, 2.24) is 5.32 Å². The first kappa shape index (κ1) is 11.9. The zero-order chi connectivity index (χ0) is 12.3. The maximum absolute atomic E-state index is 13.5. The van der Waals surface area contributed by atoms with Crippen LogP contribution < -0.4 is 10.2 Å². The maximum atomic E-state index is 13.5. The van der Waals surface area contributed by atoms with Crippen molar-refractivity contribution in [2.45, 2.75) is 18.9 Å². The van der Waals surface area contributed by atoms with E-state index in [1.807, 2.05) is 18.0 Å². The molecule has 1 atom stereocenters. The Hall–Kier alpha value is -1.60. The zero-order valence-electron chi connectivity index (χ0n) is 9.91. The summed E-state index contributed by atoms with van der Waals surface area (Å²) in [6.45, 7) is 1.85. The number of nitriles is 1. The molecule has 90 valence electrons. The lowest BCUT2D eigenvalue weighted by molar-refractivity contribution is 0.595. The van der Waals surface area contributed by atoms with Crippen molar-refractivity contribution in [2.75, 3.05) is 25.0 Å². The second kappa shape index (κ2) is 5.15. The largest absolute Gasteiger partial charge is 0.372 e. The van der Waals surface area contributed by atoms with Gasteiger partial charge in [0, 0.05) is 19.6 Å². The van der Waals surface area contributed by atoms with Gasteiger partial charge in [-0.3, -0.25) is 0 Å². The van der Waals surface area contributed by atoms with E-state index in [-0.39, 0.29) is 5.56 Å². The summed E-state index contributed by atoms with van der Waals surface area (Å²) in [5, 5.41) is 12.4. The van der Waals surface area contributed by atoms with Crippen LogP contribution in [0.1, 0.15) is 18.4 Å². The van der Waals surface area contributed by atoms with Crippen LogP contribution in [0.3, 0.4) is 0 Å². The number of benzene rings is 1. The predicted octanol–water partition coefficient (Wildman–Crippen LogP) is 1.89. The highest BCUT2D eigenvalue weighted by Crippen LogP contribution is 2.22. The van der Waals surface area contributed by atoms with Crippen molar-refractivity contribution < 1.29 is 4.39 Å². The Morgan fingerprint density at radius 3 is 3.06 bits per heavy atom. The van der Waals surface area contributed by atoms with Gasteiger partial charge in [0.2, 0.25) is 0 Å². The molecule has 3 nitrogen and oxygen atoms in total. The molecule has 0 spiro atoms. The van der Waals surface area contributed by atoms with Gasteiger partial charge in [-0.25, -0.2) is 4.39 Å². The van der Waals surface area contributed by atoms with Gasteiger partial charge in [-0.2, -0.15) is 5.26 Å².